The summed E-state index contributed by atoms with van der Waals surface area (Å²) in [7, 11) is 0. The number of benzene rings is 2. The van der Waals surface area contributed by atoms with Crippen LogP contribution in [0, 0.1) is 18.6 Å². The lowest BCUT2D eigenvalue weighted by Gasteiger charge is -2.12. The van der Waals surface area contributed by atoms with E-state index in [9.17, 15) is 13.6 Å². The average molecular weight is 368 g/mol. The van der Waals surface area contributed by atoms with Crippen molar-refractivity contribution in [2.24, 2.45) is 5.73 Å². The van der Waals surface area contributed by atoms with Gasteiger partial charge in [0.25, 0.3) is 5.91 Å². The van der Waals surface area contributed by atoms with Crippen LogP contribution in [0.2, 0.25) is 0 Å². The van der Waals surface area contributed by atoms with E-state index in [1.54, 1.807) is 6.07 Å². The number of rotatable bonds is 7. The molecule has 0 atom stereocenters. The van der Waals surface area contributed by atoms with E-state index in [-0.39, 0.29) is 0 Å². The van der Waals surface area contributed by atoms with E-state index in [1.165, 1.54) is 11.6 Å². The van der Waals surface area contributed by atoms with Gasteiger partial charge in [-0.2, -0.15) is 0 Å². The Morgan fingerprint density at radius 1 is 1.00 bits per heavy atom. The number of aromatic nitrogens is 1. The number of amides is 1. The average Bonchev–Trinajstić information content (AvgIpc) is 2.99. The number of nitrogens with zero attached hydrogens (tertiary/aromatic N) is 1. The Morgan fingerprint density at radius 3 is 2.41 bits per heavy atom. The zero-order valence-corrected chi connectivity index (χ0v) is 15.2. The minimum absolute atomic E-state index is 0.401. The van der Waals surface area contributed by atoms with Gasteiger partial charge in [-0.15, -0.1) is 0 Å². The Hall–Kier alpha value is -2.95. The highest BCUT2D eigenvalue weighted by atomic mass is 19.2. The molecule has 27 heavy (non-hydrogen) atoms. The fraction of sp³-hybridized carbons (Fsp3) is 0.227. The Morgan fingerprint density at radius 2 is 1.74 bits per heavy atom. The molecule has 0 saturated carbocycles. The molecule has 1 amide bonds. The van der Waals surface area contributed by atoms with Crippen LogP contribution in [-0.2, 0) is 13.0 Å². The van der Waals surface area contributed by atoms with Gasteiger partial charge in [0.1, 0.15) is 0 Å². The SMILES string of the molecule is Cc1c(C(N)=O)cc(-c2ccc(F)c(F)c2)n1CCCCc1ccccc1. The summed E-state index contributed by atoms with van der Waals surface area (Å²) in [6.45, 7) is 2.49. The Labute approximate surface area is 157 Å². The molecule has 0 unspecified atom stereocenters. The fourth-order valence-corrected chi connectivity index (χ4v) is 3.32. The number of halogens is 2. The van der Waals surface area contributed by atoms with Crippen molar-refractivity contribution in [3.63, 3.8) is 0 Å². The zero-order valence-electron chi connectivity index (χ0n) is 15.2. The van der Waals surface area contributed by atoms with Crippen LogP contribution in [0.15, 0.2) is 54.6 Å². The molecule has 0 aliphatic heterocycles. The quantitative estimate of drug-likeness (QED) is 0.595. The molecule has 3 rings (SSSR count). The summed E-state index contributed by atoms with van der Waals surface area (Å²) in [5.74, 6) is -2.34. The van der Waals surface area contributed by atoms with Crippen LogP contribution in [0.4, 0.5) is 8.78 Å². The van der Waals surface area contributed by atoms with Gasteiger partial charge in [-0.05, 0) is 56.0 Å². The monoisotopic (exact) mass is 368 g/mol. The number of hydrogen-bond donors (Lipinski definition) is 1. The van der Waals surface area contributed by atoms with E-state index < -0.39 is 17.5 Å². The molecule has 0 spiro atoms. The van der Waals surface area contributed by atoms with Gasteiger partial charge in [-0.3, -0.25) is 4.79 Å². The summed E-state index contributed by atoms with van der Waals surface area (Å²) in [5.41, 5.74) is 9.08. The highest BCUT2D eigenvalue weighted by molar-refractivity contribution is 5.95. The van der Waals surface area contributed by atoms with E-state index >= 15 is 0 Å². The summed E-state index contributed by atoms with van der Waals surface area (Å²) in [4.78, 5) is 11.7. The summed E-state index contributed by atoms with van der Waals surface area (Å²) in [5, 5.41) is 0. The molecule has 5 heteroatoms. The number of carbonyl (C=O) groups is 1. The van der Waals surface area contributed by atoms with Crippen LogP contribution >= 0.6 is 0 Å². The molecule has 0 fully saturated rings. The third kappa shape index (κ3) is 4.25. The van der Waals surface area contributed by atoms with Crippen LogP contribution < -0.4 is 5.73 Å². The molecule has 0 saturated heterocycles. The molecule has 0 radical (unpaired) electrons. The molecule has 3 aromatic rings. The summed E-state index contributed by atoms with van der Waals surface area (Å²) >= 11 is 0. The number of unbranched alkanes of at least 4 members (excludes halogenated alkanes) is 1. The molecular formula is C22H22F2N2O. The third-order valence-electron chi connectivity index (χ3n) is 4.79. The third-order valence-corrected chi connectivity index (χ3v) is 4.79. The summed E-state index contributed by atoms with van der Waals surface area (Å²) in [6.07, 6.45) is 2.83. The Bertz CT molecular complexity index is 948. The van der Waals surface area contributed by atoms with Gasteiger partial charge in [-0.1, -0.05) is 30.3 Å². The Balaban J connectivity index is 1.82. The number of hydrogen-bond acceptors (Lipinski definition) is 1. The smallest absolute Gasteiger partial charge is 0.250 e. The number of primary amides is 1. The van der Waals surface area contributed by atoms with Crippen LogP contribution in [0.3, 0.4) is 0 Å². The van der Waals surface area contributed by atoms with Crippen molar-refractivity contribution >= 4 is 5.91 Å². The predicted molar refractivity (Wildman–Crippen MR) is 102 cm³/mol. The molecule has 0 bridgehead atoms. The molecule has 2 aromatic carbocycles. The lowest BCUT2D eigenvalue weighted by Crippen LogP contribution is -2.12. The van der Waals surface area contributed by atoms with Crippen molar-refractivity contribution in [2.45, 2.75) is 32.7 Å². The maximum Gasteiger partial charge on any atom is 0.250 e. The first-order valence-corrected chi connectivity index (χ1v) is 8.96. The standard InChI is InChI=1S/C22H22F2N2O/c1-15-18(22(25)27)14-21(17-10-11-19(23)20(24)13-17)26(15)12-6-5-9-16-7-3-2-4-8-16/h2-4,7-8,10-11,13-14H,5-6,9,12H2,1H3,(H2,25,27). The van der Waals surface area contributed by atoms with Crippen molar-refractivity contribution in [1.82, 2.24) is 4.57 Å². The first-order chi connectivity index (χ1) is 13.0. The van der Waals surface area contributed by atoms with Crippen molar-refractivity contribution in [1.29, 1.82) is 0 Å². The number of nitrogens with two attached hydrogens (primary N) is 1. The van der Waals surface area contributed by atoms with Gasteiger partial charge in [0, 0.05) is 23.5 Å². The summed E-state index contributed by atoms with van der Waals surface area (Å²) in [6, 6.07) is 15.6. The molecule has 2 N–H and O–H groups in total. The second-order valence-electron chi connectivity index (χ2n) is 6.62. The number of aryl methyl sites for hydroxylation is 1. The van der Waals surface area contributed by atoms with Crippen LogP contribution in [0.1, 0.15) is 34.5 Å². The van der Waals surface area contributed by atoms with E-state index in [1.807, 2.05) is 29.7 Å². The number of carbonyl (C=O) groups excluding carboxylic acids is 1. The second kappa shape index (κ2) is 8.16. The van der Waals surface area contributed by atoms with Crippen molar-refractivity contribution in [3.05, 3.63) is 83.1 Å². The van der Waals surface area contributed by atoms with E-state index in [0.717, 1.165) is 37.1 Å². The maximum atomic E-state index is 13.7. The van der Waals surface area contributed by atoms with Crippen LogP contribution in [0.5, 0.6) is 0 Å². The van der Waals surface area contributed by atoms with Crippen LogP contribution in [-0.4, -0.2) is 10.5 Å². The van der Waals surface area contributed by atoms with E-state index in [4.69, 9.17) is 5.73 Å². The van der Waals surface area contributed by atoms with Gasteiger partial charge in [0.05, 0.1) is 5.56 Å². The van der Waals surface area contributed by atoms with Crippen LogP contribution in [0.25, 0.3) is 11.3 Å². The predicted octanol–water partition coefficient (Wildman–Crippen LogP) is 4.86. The second-order valence-corrected chi connectivity index (χ2v) is 6.62. The lowest BCUT2D eigenvalue weighted by atomic mass is 10.1. The van der Waals surface area contributed by atoms with Gasteiger partial charge in [-0.25, -0.2) is 8.78 Å². The van der Waals surface area contributed by atoms with Crippen molar-refractivity contribution in [3.8, 4) is 11.3 Å². The molecule has 1 aromatic heterocycles. The van der Waals surface area contributed by atoms with Gasteiger partial charge >= 0.3 is 0 Å². The molecule has 140 valence electrons. The highest BCUT2D eigenvalue weighted by Gasteiger charge is 2.17. The van der Waals surface area contributed by atoms with E-state index in [0.29, 0.717) is 23.4 Å². The molecule has 3 nitrogen and oxygen atoms in total. The fourth-order valence-electron chi connectivity index (χ4n) is 3.32. The van der Waals surface area contributed by atoms with Gasteiger partial charge in [0.2, 0.25) is 0 Å². The lowest BCUT2D eigenvalue weighted by molar-refractivity contribution is 0.0999. The van der Waals surface area contributed by atoms with Crippen molar-refractivity contribution < 1.29 is 13.6 Å². The van der Waals surface area contributed by atoms with Gasteiger partial charge in [0.15, 0.2) is 11.6 Å². The largest absolute Gasteiger partial charge is 0.366 e. The van der Waals surface area contributed by atoms with Gasteiger partial charge < -0.3 is 10.3 Å². The molecule has 0 aliphatic carbocycles. The Kier molecular flexibility index (Phi) is 5.69. The van der Waals surface area contributed by atoms with E-state index in [2.05, 4.69) is 12.1 Å². The molecule has 0 aliphatic rings. The maximum absolute atomic E-state index is 13.7. The minimum atomic E-state index is -0.914. The normalized spacial score (nSPS) is 10.9. The topological polar surface area (TPSA) is 48.0 Å². The minimum Gasteiger partial charge on any atom is -0.366 e. The molecular weight excluding hydrogens is 346 g/mol. The first kappa shape index (κ1) is 18.8. The summed E-state index contributed by atoms with van der Waals surface area (Å²) < 4.78 is 28.9. The van der Waals surface area contributed by atoms with Crippen molar-refractivity contribution in [2.75, 3.05) is 0 Å². The molecule has 1 heterocycles. The highest BCUT2D eigenvalue weighted by Crippen LogP contribution is 2.28. The zero-order chi connectivity index (χ0) is 19.4. The first-order valence-electron chi connectivity index (χ1n) is 8.96.